The molecule has 0 aliphatic carbocycles. The maximum atomic E-state index is 12.4. The number of hydrogen-bond donors (Lipinski definition) is 1. The summed E-state index contributed by atoms with van der Waals surface area (Å²) in [7, 11) is 0. The van der Waals surface area contributed by atoms with Crippen LogP contribution in [0.25, 0.3) is 0 Å². The Bertz CT molecular complexity index is 440. The van der Waals surface area contributed by atoms with E-state index in [9.17, 15) is 4.79 Å². The summed E-state index contributed by atoms with van der Waals surface area (Å²) in [5.74, 6) is 0.207. The average Bonchev–Trinajstić information content (AvgIpc) is 2.63. The standard InChI is InChI=1S/C15H22N2O/c1-5-15(4)14(18)17(6-2)13(16-15)12-9-7-11(3)8-10-12/h7-10,13,16H,5-6H2,1-4H3. The van der Waals surface area contributed by atoms with Crippen molar-refractivity contribution in [1.29, 1.82) is 0 Å². The second-order valence-electron chi connectivity index (χ2n) is 5.23. The zero-order chi connectivity index (χ0) is 13.3. The fourth-order valence-electron chi connectivity index (χ4n) is 2.47. The van der Waals surface area contributed by atoms with E-state index >= 15 is 0 Å². The molecule has 0 aromatic heterocycles. The van der Waals surface area contributed by atoms with Gasteiger partial charge in [-0.15, -0.1) is 0 Å². The van der Waals surface area contributed by atoms with Crippen LogP contribution in [0.5, 0.6) is 0 Å². The smallest absolute Gasteiger partial charge is 0.244 e. The molecule has 0 radical (unpaired) electrons. The van der Waals surface area contributed by atoms with Crippen LogP contribution in [0.3, 0.4) is 0 Å². The fourth-order valence-corrected chi connectivity index (χ4v) is 2.47. The molecule has 3 nitrogen and oxygen atoms in total. The molecular formula is C15H22N2O. The largest absolute Gasteiger partial charge is 0.322 e. The molecule has 2 unspecified atom stereocenters. The van der Waals surface area contributed by atoms with E-state index in [-0.39, 0.29) is 12.1 Å². The number of hydrogen-bond acceptors (Lipinski definition) is 2. The van der Waals surface area contributed by atoms with Crippen molar-refractivity contribution in [2.75, 3.05) is 6.54 Å². The van der Waals surface area contributed by atoms with Crippen molar-refractivity contribution in [3.8, 4) is 0 Å². The predicted octanol–water partition coefficient (Wildman–Crippen LogP) is 2.61. The summed E-state index contributed by atoms with van der Waals surface area (Å²) in [6.07, 6.45) is 0.818. The van der Waals surface area contributed by atoms with E-state index in [0.717, 1.165) is 18.5 Å². The molecular weight excluding hydrogens is 224 g/mol. The number of benzene rings is 1. The van der Waals surface area contributed by atoms with Gasteiger partial charge in [-0.2, -0.15) is 0 Å². The Morgan fingerprint density at radius 1 is 1.28 bits per heavy atom. The third kappa shape index (κ3) is 2.03. The minimum Gasteiger partial charge on any atom is -0.322 e. The van der Waals surface area contributed by atoms with Crippen LogP contribution in [0, 0.1) is 6.92 Å². The maximum Gasteiger partial charge on any atom is 0.244 e. The van der Waals surface area contributed by atoms with Gasteiger partial charge in [0.05, 0.1) is 5.54 Å². The van der Waals surface area contributed by atoms with Gasteiger partial charge >= 0.3 is 0 Å². The topological polar surface area (TPSA) is 32.3 Å². The lowest BCUT2D eigenvalue weighted by Gasteiger charge is -2.22. The van der Waals surface area contributed by atoms with E-state index in [1.54, 1.807) is 0 Å². The van der Waals surface area contributed by atoms with Crippen LogP contribution >= 0.6 is 0 Å². The Labute approximate surface area is 109 Å². The highest BCUT2D eigenvalue weighted by Gasteiger charge is 2.46. The Balaban J connectivity index is 2.33. The summed E-state index contributed by atoms with van der Waals surface area (Å²) in [5.41, 5.74) is 1.98. The molecule has 2 rings (SSSR count). The number of carbonyl (C=O) groups excluding carboxylic acids is 1. The minimum atomic E-state index is -0.425. The zero-order valence-electron chi connectivity index (χ0n) is 11.7. The van der Waals surface area contributed by atoms with Crippen LogP contribution in [-0.2, 0) is 4.79 Å². The molecule has 2 atom stereocenters. The molecule has 1 amide bonds. The van der Waals surface area contributed by atoms with E-state index in [2.05, 4.69) is 43.4 Å². The van der Waals surface area contributed by atoms with Gasteiger partial charge in [0, 0.05) is 6.54 Å². The molecule has 3 heteroatoms. The highest BCUT2D eigenvalue weighted by atomic mass is 16.2. The molecule has 0 bridgehead atoms. The molecule has 0 saturated carbocycles. The summed E-state index contributed by atoms with van der Waals surface area (Å²) in [6, 6.07) is 8.39. The highest BCUT2D eigenvalue weighted by Crippen LogP contribution is 2.32. The van der Waals surface area contributed by atoms with E-state index in [1.807, 2.05) is 18.7 Å². The fraction of sp³-hybridized carbons (Fsp3) is 0.533. The van der Waals surface area contributed by atoms with Gasteiger partial charge in [0.15, 0.2) is 0 Å². The molecule has 1 saturated heterocycles. The van der Waals surface area contributed by atoms with Crippen LogP contribution in [0.4, 0.5) is 0 Å². The summed E-state index contributed by atoms with van der Waals surface area (Å²) >= 11 is 0. The monoisotopic (exact) mass is 246 g/mol. The summed E-state index contributed by atoms with van der Waals surface area (Å²) < 4.78 is 0. The normalized spacial score (nSPS) is 27.9. The van der Waals surface area contributed by atoms with Crippen molar-refractivity contribution in [3.05, 3.63) is 35.4 Å². The van der Waals surface area contributed by atoms with Gasteiger partial charge in [-0.05, 0) is 32.8 Å². The Kier molecular flexibility index (Phi) is 3.44. The van der Waals surface area contributed by atoms with Gasteiger partial charge in [-0.1, -0.05) is 36.8 Å². The van der Waals surface area contributed by atoms with E-state index in [4.69, 9.17) is 0 Å². The Morgan fingerprint density at radius 3 is 2.39 bits per heavy atom. The molecule has 1 fully saturated rings. The first-order valence-electron chi connectivity index (χ1n) is 6.67. The number of nitrogens with zero attached hydrogens (tertiary/aromatic N) is 1. The van der Waals surface area contributed by atoms with Crippen molar-refractivity contribution in [3.63, 3.8) is 0 Å². The number of aryl methyl sites for hydroxylation is 1. The van der Waals surface area contributed by atoms with Crippen LogP contribution in [0.15, 0.2) is 24.3 Å². The second kappa shape index (κ2) is 4.73. The minimum absolute atomic E-state index is 0.00745. The number of amides is 1. The summed E-state index contributed by atoms with van der Waals surface area (Å²) in [5, 5.41) is 3.48. The van der Waals surface area contributed by atoms with Crippen molar-refractivity contribution in [2.24, 2.45) is 0 Å². The number of nitrogens with one attached hydrogen (secondary N) is 1. The third-order valence-corrected chi connectivity index (χ3v) is 3.94. The lowest BCUT2D eigenvalue weighted by atomic mass is 9.99. The average molecular weight is 246 g/mol. The van der Waals surface area contributed by atoms with E-state index in [0.29, 0.717) is 0 Å². The van der Waals surface area contributed by atoms with Crippen molar-refractivity contribution in [1.82, 2.24) is 10.2 Å². The van der Waals surface area contributed by atoms with Crippen LogP contribution in [-0.4, -0.2) is 22.9 Å². The van der Waals surface area contributed by atoms with Gasteiger partial charge in [0.25, 0.3) is 0 Å². The molecule has 1 N–H and O–H groups in total. The molecule has 1 aromatic rings. The summed E-state index contributed by atoms with van der Waals surface area (Å²) in [6.45, 7) is 8.88. The number of rotatable bonds is 3. The Hall–Kier alpha value is -1.35. The van der Waals surface area contributed by atoms with Crippen LogP contribution < -0.4 is 5.32 Å². The highest BCUT2D eigenvalue weighted by molar-refractivity contribution is 5.88. The maximum absolute atomic E-state index is 12.4. The summed E-state index contributed by atoms with van der Waals surface area (Å²) in [4.78, 5) is 14.3. The van der Waals surface area contributed by atoms with Crippen molar-refractivity contribution >= 4 is 5.91 Å². The first-order valence-corrected chi connectivity index (χ1v) is 6.67. The molecule has 18 heavy (non-hydrogen) atoms. The third-order valence-electron chi connectivity index (χ3n) is 3.94. The first kappa shape index (κ1) is 13.1. The van der Waals surface area contributed by atoms with Gasteiger partial charge < -0.3 is 4.90 Å². The lowest BCUT2D eigenvalue weighted by Crippen LogP contribution is -2.42. The second-order valence-corrected chi connectivity index (χ2v) is 5.23. The first-order chi connectivity index (χ1) is 8.51. The number of likely N-dealkylation sites (N-methyl/N-ethyl adjacent to an activating group) is 1. The van der Waals surface area contributed by atoms with Crippen molar-refractivity contribution in [2.45, 2.75) is 45.8 Å². The quantitative estimate of drug-likeness (QED) is 0.889. The van der Waals surface area contributed by atoms with Gasteiger partial charge in [0.1, 0.15) is 6.17 Å². The SMILES string of the molecule is CCN1C(=O)C(C)(CC)NC1c1ccc(C)cc1. The van der Waals surface area contributed by atoms with E-state index < -0.39 is 5.54 Å². The van der Waals surface area contributed by atoms with Gasteiger partial charge in [0.2, 0.25) is 5.91 Å². The van der Waals surface area contributed by atoms with Crippen LogP contribution in [0.2, 0.25) is 0 Å². The zero-order valence-corrected chi connectivity index (χ0v) is 11.7. The van der Waals surface area contributed by atoms with Crippen LogP contribution in [0.1, 0.15) is 44.5 Å². The molecule has 0 spiro atoms. The van der Waals surface area contributed by atoms with Gasteiger partial charge in [-0.25, -0.2) is 0 Å². The molecule has 1 heterocycles. The predicted molar refractivity (Wildman–Crippen MR) is 73.1 cm³/mol. The molecule has 1 aliphatic rings. The lowest BCUT2D eigenvalue weighted by molar-refractivity contribution is -0.132. The van der Waals surface area contributed by atoms with Gasteiger partial charge in [-0.3, -0.25) is 10.1 Å². The van der Waals surface area contributed by atoms with Crippen molar-refractivity contribution < 1.29 is 4.79 Å². The van der Waals surface area contributed by atoms with E-state index in [1.165, 1.54) is 5.56 Å². The molecule has 1 aliphatic heterocycles. The number of carbonyl (C=O) groups is 1. The molecule has 1 aromatic carbocycles. The Morgan fingerprint density at radius 2 is 1.89 bits per heavy atom. The molecule has 98 valence electrons.